The van der Waals surface area contributed by atoms with Crippen molar-refractivity contribution in [2.45, 2.75) is 18.4 Å². The highest BCUT2D eigenvalue weighted by Gasteiger charge is 2.37. The van der Waals surface area contributed by atoms with E-state index in [1.54, 1.807) is 0 Å². The fourth-order valence-corrected chi connectivity index (χ4v) is 3.44. The normalized spacial score (nSPS) is 27.5. The first-order chi connectivity index (χ1) is 9.43. The molecule has 2 heteroatoms. The van der Waals surface area contributed by atoms with E-state index >= 15 is 0 Å². The number of benzene rings is 1. The van der Waals surface area contributed by atoms with E-state index in [0.29, 0.717) is 17.9 Å². The molecule has 1 N–H and O–H groups in total. The molecule has 0 unspecified atom stereocenters. The minimum atomic E-state index is 0.387. The lowest BCUT2D eigenvalue weighted by Crippen LogP contribution is -2.28. The topological polar surface area (TPSA) is 24.9 Å². The van der Waals surface area contributed by atoms with Gasteiger partial charge in [-0.15, -0.1) is 0 Å². The van der Waals surface area contributed by atoms with E-state index in [-0.39, 0.29) is 0 Å². The fourth-order valence-electron chi connectivity index (χ4n) is 3.44. The largest absolute Gasteiger partial charge is 0.378 e. The summed E-state index contributed by atoms with van der Waals surface area (Å²) >= 11 is 0. The van der Waals surface area contributed by atoms with Gasteiger partial charge in [0.25, 0.3) is 0 Å². The van der Waals surface area contributed by atoms with E-state index in [1.807, 2.05) is 12.4 Å². The molecule has 19 heavy (non-hydrogen) atoms. The van der Waals surface area contributed by atoms with Crippen molar-refractivity contribution in [2.75, 3.05) is 5.32 Å². The average Bonchev–Trinajstić information content (AvgIpc) is 2.97. The molecule has 0 saturated heterocycles. The molecule has 0 radical (unpaired) electrons. The Bertz CT molecular complexity index is 618. The molecule has 3 atom stereocenters. The quantitative estimate of drug-likeness (QED) is 0.774. The van der Waals surface area contributed by atoms with Gasteiger partial charge in [0.2, 0.25) is 0 Å². The Morgan fingerprint density at radius 3 is 2.79 bits per heavy atom. The van der Waals surface area contributed by atoms with Gasteiger partial charge in [-0.25, -0.2) is 0 Å². The molecular weight excluding hydrogens is 232 g/mol. The number of para-hydroxylation sites is 1. The smallest absolute Gasteiger partial charge is 0.0555 e. The zero-order valence-electron chi connectivity index (χ0n) is 10.7. The molecule has 2 nitrogen and oxygen atoms in total. The second kappa shape index (κ2) is 4.23. The molecule has 4 rings (SSSR count). The molecule has 94 valence electrons. The first kappa shape index (κ1) is 10.8. The van der Waals surface area contributed by atoms with E-state index in [4.69, 9.17) is 0 Å². The van der Waals surface area contributed by atoms with E-state index in [0.717, 1.165) is 6.42 Å². The molecule has 0 amide bonds. The molecule has 0 bridgehead atoms. The predicted octanol–water partition coefficient (Wildman–Crippen LogP) is 3.91. The SMILES string of the molecule is C1=C[C@@H]2c3ccccc3N[C@H](c3ccncc3)[C@@H]2C1. The van der Waals surface area contributed by atoms with Crippen LogP contribution in [0.15, 0.2) is 60.9 Å². The molecule has 2 heterocycles. The summed E-state index contributed by atoms with van der Waals surface area (Å²) in [5, 5.41) is 3.72. The Balaban J connectivity index is 1.80. The first-order valence-electron chi connectivity index (χ1n) is 6.85. The first-order valence-corrected chi connectivity index (χ1v) is 6.85. The maximum Gasteiger partial charge on any atom is 0.0555 e. The second-order valence-electron chi connectivity index (χ2n) is 5.34. The van der Waals surface area contributed by atoms with Crippen LogP contribution in [-0.4, -0.2) is 4.98 Å². The summed E-state index contributed by atoms with van der Waals surface area (Å²) in [4.78, 5) is 4.13. The highest BCUT2D eigenvalue weighted by Crippen LogP contribution is 2.49. The zero-order valence-corrected chi connectivity index (χ0v) is 10.7. The van der Waals surface area contributed by atoms with Gasteiger partial charge in [0.1, 0.15) is 0 Å². The summed E-state index contributed by atoms with van der Waals surface area (Å²) in [5.41, 5.74) is 4.05. The number of rotatable bonds is 1. The minimum absolute atomic E-state index is 0.387. The van der Waals surface area contributed by atoms with Crippen molar-refractivity contribution in [1.82, 2.24) is 4.98 Å². The highest BCUT2D eigenvalue weighted by molar-refractivity contribution is 5.59. The van der Waals surface area contributed by atoms with Crippen molar-refractivity contribution in [2.24, 2.45) is 5.92 Å². The van der Waals surface area contributed by atoms with Gasteiger partial charge in [-0.2, -0.15) is 0 Å². The molecule has 0 fully saturated rings. The summed E-state index contributed by atoms with van der Waals surface area (Å²) in [6.07, 6.45) is 9.62. The van der Waals surface area contributed by atoms with Crippen LogP contribution in [0, 0.1) is 5.92 Å². The van der Waals surface area contributed by atoms with Crippen LogP contribution in [0.1, 0.15) is 29.5 Å². The van der Waals surface area contributed by atoms with Crippen molar-refractivity contribution in [3.05, 3.63) is 72.1 Å². The lowest BCUT2D eigenvalue weighted by molar-refractivity contribution is 0.425. The summed E-state index contributed by atoms with van der Waals surface area (Å²) in [6, 6.07) is 13.3. The van der Waals surface area contributed by atoms with Crippen LogP contribution >= 0.6 is 0 Å². The Morgan fingerprint density at radius 1 is 1.05 bits per heavy atom. The minimum Gasteiger partial charge on any atom is -0.378 e. The van der Waals surface area contributed by atoms with Crippen LogP contribution in [0.4, 0.5) is 5.69 Å². The molecule has 1 aliphatic carbocycles. The number of pyridine rings is 1. The molecule has 0 spiro atoms. The van der Waals surface area contributed by atoms with Gasteiger partial charge in [-0.3, -0.25) is 4.98 Å². The third-order valence-electron chi connectivity index (χ3n) is 4.34. The number of allylic oxidation sites excluding steroid dienone is 2. The van der Waals surface area contributed by atoms with Gasteiger partial charge in [0, 0.05) is 24.0 Å². The van der Waals surface area contributed by atoms with Gasteiger partial charge in [0.05, 0.1) is 6.04 Å². The van der Waals surface area contributed by atoms with Crippen molar-refractivity contribution in [3.8, 4) is 0 Å². The third kappa shape index (κ3) is 1.67. The number of nitrogens with zero attached hydrogens (tertiary/aromatic N) is 1. The number of anilines is 1. The van der Waals surface area contributed by atoms with Gasteiger partial charge >= 0.3 is 0 Å². The number of hydrogen-bond acceptors (Lipinski definition) is 2. The Kier molecular flexibility index (Phi) is 2.41. The highest BCUT2D eigenvalue weighted by atomic mass is 15.0. The predicted molar refractivity (Wildman–Crippen MR) is 77.0 cm³/mol. The van der Waals surface area contributed by atoms with E-state index in [9.17, 15) is 0 Å². The lowest BCUT2D eigenvalue weighted by atomic mass is 9.77. The number of hydrogen-bond donors (Lipinski definition) is 1. The van der Waals surface area contributed by atoms with Crippen LogP contribution in [-0.2, 0) is 0 Å². The van der Waals surface area contributed by atoms with Crippen molar-refractivity contribution >= 4 is 5.69 Å². The van der Waals surface area contributed by atoms with E-state index < -0.39 is 0 Å². The Morgan fingerprint density at radius 2 is 1.89 bits per heavy atom. The summed E-state index contributed by atoms with van der Waals surface area (Å²) < 4.78 is 0. The second-order valence-corrected chi connectivity index (χ2v) is 5.34. The van der Waals surface area contributed by atoms with Crippen molar-refractivity contribution in [1.29, 1.82) is 0 Å². The number of nitrogens with one attached hydrogen (secondary N) is 1. The van der Waals surface area contributed by atoms with E-state index in [1.165, 1.54) is 16.8 Å². The van der Waals surface area contributed by atoms with Gasteiger partial charge < -0.3 is 5.32 Å². The molecule has 1 aliphatic heterocycles. The van der Waals surface area contributed by atoms with Gasteiger partial charge in [-0.05, 0) is 41.7 Å². The summed E-state index contributed by atoms with van der Waals surface area (Å²) in [7, 11) is 0. The Labute approximate surface area is 113 Å². The van der Waals surface area contributed by atoms with Crippen LogP contribution in [0.5, 0.6) is 0 Å². The zero-order chi connectivity index (χ0) is 12.7. The fraction of sp³-hybridized carbons (Fsp3) is 0.235. The number of aromatic nitrogens is 1. The maximum absolute atomic E-state index is 4.13. The van der Waals surface area contributed by atoms with Crippen molar-refractivity contribution < 1.29 is 0 Å². The van der Waals surface area contributed by atoms with Crippen LogP contribution in [0.2, 0.25) is 0 Å². The van der Waals surface area contributed by atoms with Crippen LogP contribution in [0.25, 0.3) is 0 Å². The molecule has 0 saturated carbocycles. The van der Waals surface area contributed by atoms with Crippen LogP contribution < -0.4 is 5.32 Å². The molecule has 2 aromatic rings. The number of fused-ring (bicyclic) bond motifs is 3. The molecule has 2 aliphatic rings. The standard InChI is InChI=1S/C17H16N2/c1-2-7-16-14(4-1)13-5-3-6-15(13)17(19-16)12-8-10-18-11-9-12/h1-5,7-11,13,15,17,19H,6H2/t13-,15-,17-/m1/s1. The average molecular weight is 248 g/mol. The molecule has 1 aromatic carbocycles. The van der Waals surface area contributed by atoms with Gasteiger partial charge in [-0.1, -0.05) is 30.4 Å². The monoisotopic (exact) mass is 248 g/mol. The van der Waals surface area contributed by atoms with Crippen LogP contribution in [0.3, 0.4) is 0 Å². The summed E-state index contributed by atoms with van der Waals surface area (Å²) in [5.74, 6) is 1.17. The van der Waals surface area contributed by atoms with Crippen molar-refractivity contribution in [3.63, 3.8) is 0 Å². The lowest BCUT2D eigenvalue weighted by Gasteiger charge is -2.37. The molecular formula is C17H16N2. The Hall–Kier alpha value is -2.09. The van der Waals surface area contributed by atoms with E-state index in [2.05, 4.69) is 58.9 Å². The maximum atomic E-state index is 4.13. The molecule has 1 aromatic heterocycles. The third-order valence-corrected chi connectivity index (χ3v) is 4.34. The van der Waals surface area contributed by atoms with Gasteiger partial charge in [0.15, 0.2) is 0 Å². The summed E-state index contributed by atoms with van der Waals surface area (Å²) in [6.45, 7) is 0.